The molecule has 0 spiro atoms. The molecular weight excluding hydrogens is 504 g/mol. The van der Waals surface area contributed by atoms with Gasteiger partial charge < -0.3 is 25.4 Å². The van der Waals surface area contributed by atoms with Crippen molar-refractivity contribution in [1.29, 1.82) is 0 Å². The summed E-state index contributed by atoms with van der Waals surface area (Å²) in [7, 11) is 1.62. The van der Waals surface area contributed by atoms with Crippen molar-refractivity contribution < 1.29 is 22.6 Å². The zero-order valence-corrected chi connectivity index (χ0v) is 17.7. The highest BCUT2D eigenvalue weighted by Crippen LogP contribution is 2.32. The maximum absolute atomic E-state index is 12.6. The largest absolute Gasteiger partial charge is 0.454 e. The number of alkyl halides is 3. The van der Waals surface area contributed by atoms with Gasteiger partial charge in [0.1, 0.15) is 5.69 Å². The summed E-state index contributed by atoms with van der Waals surface area (Å²) in [4.78, 5) is 11.3. The molecule has 3 N–H and O–H groups in total. The molecule has 12 heteroatoms. The molecule has 0 saturated carbocycles. The van der Waals surface area contributed by atoms with E-state index in [4.69, 9.17) is 9.47 Å². The Morgan fingerprint density at radius 2 is 1.93 bits per heavy atom. The van der Waals surface area contributed by atoms with E-state index in [0.29, 0.717) is 37.1 Å². The van der Waals surface area contributed by atoms with Crippen LogP contribution in [0.2, 0.25) is 0 Å². The highest BCUT2D eigenvalue weighted by Gasteiger charge is 2.32. The van der Waals surface area contributed by atoms with Gasteiger partial charge in [0.05, 0.1) is 0 Å². The lowest BCUT2D eigenvalue weighted by molar-refractivity contribution is -0.141. The van der Waals surface area contributed by atoms with Crippen LogP contribution in [0.5, 0.6) is 11.5 Å². The number of hydrogen-bond donors (Lipinski definition) is 3. The topological polar surface area (TPSA) is 92.7 Å². The fourth-order valence-electron chi connectivity index (χ4n) is 2.41. The second kappa shape index (κ2) is 10.3. The molecule has 2 heterocycles. The fourth-order valence-corrected chi connectivity index (χ4v) is 2.41. The van der Waals surface area contributed by atoms with Crippen molar-refractivity contribution in [3.05, 3.63) is 41.7 Å². The Morgan fingerprint density at radius 1 is 1.14 bits per heavy atom. The molecule has 0 bridgehead atoms. The maximum Gasteiger partial charge on any atom is 0.433 e. The number of nitrogens with one attached hydrogen (secondary N) is 3. The van der Waals surface area contributed by atoms with E-state index < -0.39 is 11.9 Å². The molecule has 1 aliphatic heterocycles. The molecule has 1 aliphatic rings. The Morgan fingerprint density at radius 3 is 2.69 bits per heavy atom. The minimum atomic E-state index is -4.50. The molecule has 1 aromatic heterocycles. The van der Waals surface area contributed by atoms with Crippen LogP contribution < -0.4 is 25.4 Å². The van der Waals surface area contributed by atoms with Gasteiger partial charge in [0.15, 0.2) is 17.5 Å². The third kappa shape index (κ3) is 6.51. The zero-order chi connectivity index (χ0) is 20.0. The van der Waals surface area contributed by atoms with Gasteiger partial charge >= 0.3 is 6.18 Å². The van der Waals surface area contributed by atoms with Crippen molar-refractivity contribution in [3.63, 3.8) is 0 Å². The highest BCUT2D eigenvalue weighted by molar-refractivity contribution is 14.0. The lowest BCUT2D eigenvalue weighted by Gasteiger charge is -2.13. The first-order valence-electron chi connectivity index (χ1n) is 8.43. The summed E-state index contributed by atoms with van der Waals surface area (Å²) in [6, 6.07) is 6.47. The number of guanidine groups is 1. The number of benzene rings is 1. The molecule has 29 heavy (non-hydrogen) atoms. The van der Waals surface area contributed by atoms with Crippen molar-refractivity contribution in [2.75, 3.05) is 32.2 Å². The summed E-state index contributed by atoms with van der Waals surface area (Å²) < 4.78 is 48.5. The summed E-state index contributed by atoms with van der Waals surface area (Å²) in [6.07, 6.45) is -3.43. The molecule has 158 valence electrons. The number of hydrogen-bond acceptors (Lipinski definition) is 6. The number of fused-ring (bicyclic) bond motifs is 1. The van der Waals surface area contributed by atoms with Crippen molar-refractivity contribution >= 4 is 35.9 Å². The summed E-state index contributed by atoms with van der Waals surface area (Å²) in [5.74, 6) is 1.88. The molecule has 0 saturated heterocycles. The van der Waals surface area contributed by atoms with Crippen molar-refractivity contribution in [2.45, 2.75) is 12.7 Å². The first-order valence-corrected chi connectivity index (χ1v) is 8.43. The summed E-state index contributed by atoms with van der Waals surface area (Å²) in [5.41, 5.74) is 0.00171. The van der Waals surface area contributed by atoms with Crippen LogP contribution >= 0.6 is 24.0 Å². The number of aliphatic imine (C=N–C) groups is 1. The first kappa shape index (κ1) is 22.8. The standard InChI is InChI=1S/C17H19F3N6O2.HI/c1-21-15(25-9-11-2-3-12-13(8-11)28-10-27-12)23-6-7-24-16-22-5-4-14(26-16)17(18,19)20;/h2-5,8H,6-7,9-10H2,1H3,(H2,21,23,25)(H,22,24,26);1H. The van der Waals surface area contributed by atoms with E-state index in [0.717, 1.165) is 17.8 Å². The zero-order valence-electron chi connectivity index (χ0n) is 15.4. The maximum atomic E-state index is 12.6. The van der Waals surface area contributed by atoms with Crippen LogP contribution in [0.15, 0.2) is 35.5 Å². The Labute approximate surface area is 182 Å². The van der Waals surface area contributed by atoms with E-state index in [1.165, 1.54) is 0 Å². The van der Waals surface area contributed by atoms with Gasteiger partial charge in [0, 0.05) is 32.9 Å². The predicted molar refractivity (Wildman–Crippen MR) is 112 cm³/mol. The van der Waals surface area contributed by atoms with E-state index in [-0.39, 0.29) is 36.7 Å². The average Bonchev–Trinajstić information content (AvgIpc) is 3.15. The molecule has 2 aromatic rings. The molecule has 1 aromatic carbocycles. The third-order valence-corrected chi connectivity index (χ3v) is 3.77. The molecule has 8 nitrogen and oxygen atoms in total. The van der Waals surface area contributed by atoms with Gasteiger partial charge in [-0.1, -0.05) is 6.07 Å². The summed E-state index contributed by atoms with van der Waals surface area (Å²) in [6.45, 7) is 1.45. The second-order valence-corrected chi connectivity index (χ2v) is 5.73. The van der Waals surface area contributed by atoms with Crippen molar-refractivity contribution in [3.8, 4) is 11.5 Å². The summed E-state index contributed by atoms with van der Waals surface area (Å²) in [5, 5.41) is 8.93. The Balaban J connectivity index is 0.00000300. The van der Waals surface area contributed by atoms with Crippen LogP contribution in [0.3, 0.4) is 0 Å². The first-order chi connectivity index (χ1) is 13.5. The molecule has 0 unspecified atom stereocenters. The van der Waals surface area contributed by atoms with Crippen LogP contribution in [-0.2, 0) is 12.7 Å². The van der Waals surface area contributed by atoms with E-state index in [9.17, 15) is 13.2 Å². The number of ether oxygens (including phenoxy) is 2. The molecule has 0 amide bonds. The normalized spacial score (nSPS) is 12.9. The van der Waals surface area contributed by atoms with E-state index >= 15 is 0 Å². The van der Waals surface area contributed by atoms with Gasteiger partial charge in [0.25, 0.3) is 0 Å². The number of aromatic nitrogens is 2. The van der Waals surface area contributed by atoms with Crippen molar-refractivity contribution in [2.24, 2.45) is 4.99 Å². The number of anilines is 1. The predicted octanol–water partition coefficient (Wildman–Crippen LogP) is 2.62. The minimum Gasteiger partial charge on any atom is -0.454 e. The molecule has 0 aliphatic carbocycles. The molecule has 0 atom stereocenters. The number of nitrogens with zero attached hydrogens (tertiary/aromatic N) is 3. The van der Waals surface area contributed by atoms with Gasteiger partial charge in [-0.3, -0.25) is 4.99 Å². The van der Waals surface area contributed by atoms with Gasteiger partial charge in [-0.25, -0.2) is 9.97 Å². The molecule has 0 radical (unpaired) electrons. The average molecular weight is 524 g/mol. The van der Waals surface area contributed by atoms with Crippen molar-refractivity contribution in [1.82, 2.24) is 20.6 Å². The van der Waals surface area contributed by atoms with Gasteiger partial charge in [-0.15, -0.1) is 24.0 Å². The van der Waals surface area contributed by atoms with Crippen LogP contribution in [0.4, 0.5) is 19.1 Å². The fraction of sp³-hybridized carbons (Fsp3) is 0.353. The SMILES string of the molecule is CN=C(NCCNc1nccc(C(F)(F)F)n1)NCc1ccc2c(c1)OCO2.I. The molecule has 3 rings (SSSR count). The number of halogens is 4. The Bertz CT molecular complexity index is 850. The molecular formula is C17H20F3IN6O2. The van der Waals surface area contributed by atoms with Crippen LogP contribution in [0, 0.1) is 0 Å². The van der Waals surface area contributed by atoms with Gasteiger partial charge in [0.2, 0.25) is 12.7 Å². The lowest BCUT2D eigenvalue weighted by Crippen LogP contribution is -2.39. The Hall–Kier alpha value is -2.51. The van der Waals surface area contributed by atoms with E-state index in [1.54, 1.807) is 7.05 Å². The third-order valence-electron chi connectivity index (χ3n) is 3.77. The smallest absolute Gasteiger partial charge is 0.433 e. The van der Waals surface area contributed by atoms with E-state index in [1.807, 2.05) is 18.2 Å². The monoisotopic (exact) mass is 524 g/mol. The minimum absolute atomic E-state index is 0. The van der Waals surface area contributed by atoms with Crippen LogP contribution in [-0.4, -0.2) is 42.9 Å². The molecule has 0 fully saturated rings. The Kier molecular flexibility index (Phi) is 8.10. The summed E-state index contributed by atoms with van der Waals surface area (Å²) >= 11 is 0. The lowest BCUT2D eigenvalue weighted by atomic mass is 10.2. The quantitative estimate of drug-likeness (QED) is 0.232. The van der Waals surface area contributed by atoms with E-state index in [2.05, 4.69) is 30.9 Å². The van der Waals surface area contributed by atoms with Crippen LogP contribution in [0.1, 0.15) is 11.3 Å². The van der Waals surface area contributed by atoms with Gasteiger partial charge in [-0.2, -0.15) is 13.2 Å². The highest BCUT2D eigenvalue weighted by atomic mass is 127. The number of rotatable bonds is 6. The second-order valence-electron chi connectivity index (χ2n) is 5.73. The van der Waals surface area contributed by atoms with Gasteiger partial charge in [-0.05, 0) is 23.8 Å². The van der Waals surface area contributed by atoms with Crippen LogP contribution in [0.25, 0.3) is 0 Å².